The Kier molecular flexibility index (Phi) is 5.05. The van der Waals surface area contributed by atoms with Gasteiger partial charge in [-0.2, -0.15) is 5.26 Å². The lowest BCUT2D eigenvalue weighted by Gasteiger charge is -2.31. The lowest BCUT2D eigenvalue weighted by molar-refractivity contribution is 0.152. The van der Waals surface area contributed by atoms with Crippen molar-refractivity contribution in [3.8, 4) is 6.07 Å². The number of halogens is 2. The topological polar surface area (TPSA) is 56.0 Å². The Labute approximate surface area is 117 Å². The van der Waals surface area contributed by atoms with E-state index in [1.807, 2.05) is 0 Å². The average molecular weight is 280 g/mol. The van der Waals surface area contributed by atoms with Crippen LogP contribution in [0.25, 0.3) is 0 Å². The molecular formula is C15H18F2N2O. The van der Waals surface area contributed by atoms with Crippen molar-refractivity contribution in [2.75, 3.05) is 6.61 Å². The van der Waals surface area contributed by atoms with Gasteiger partial charge in [0, 0.05) is 24.8 Å². The van der Waals surface area contributed by atoms with E-state index in [0.29, 0.717) is 0 Å². The molecule has 20 heavy (non-hydrogen) atoms. The second kappa shape index (κ2) is 6.78. The number of nitriles is 1. The molecule has 0 amide bonds. The molecule has 0 radical (unpaired) electrons. The first kappa shape index (κ1) is 14.9. The zero-order valence-electron chi connectivity index (χ0n) is 11.2. The van der Waals surface area contributed by atoms with Gasteiger partial charge in [-0.3, -0.25) is 0 Å². The lowest BCUT2D eigenvalue weighted by atomic mass is 9.85. The molecule has 2 unspecified atom stereocenters. The van der Waals surface area contributed by atoms with Crippen molar-refractivity contribution in [1.82, 2.24) is 5.32 Å². The minimum Gasteiger partial charge on any atom is -0.396 e. The number of hydrogen-bond donors (Lipinski definition) is 2. The first-order chi connectivity index (χ1) is 9.65. The third kappa shape index (κ3) is 3.33. The molecule has 108 valence electrons. The third-order valence-corrected chi connectivity index (χ3v) is 3.95. The molecular weight excluding hydrogens is 262 g/mol. The summed E-state index contributed by atoms with van der Waals surface area (Å²) in [5.74, 6) is -1.26. The summed E-state index contributed by atoms with van der Waals surface area (Å²) in [6, 6.07) is 3.90. The number of nitrogens with one attached hydrogen (secondary N) is 1. The normalized spacial score (nSPS) is 22.5. The van der Waals surface area contributed by atoms with Gasteiger partial charge in [0.15, 0.2) is 0 Å². The van der Waals surface area contributed by atoms with E-state index in [9.17, 15) is 13.9 Å². The largest absolute Gasteiger partial charge is 0.396 e. The number of benzene rings is 1. The quantitative estimate of drug-likeness (QED) is 0.891. The molecule has 1 aliphatic rings. The van der Waals surface area contributed by atoms with Crippen LogP contribution in [0.2, 0.25) is 0 Å². The van der Waals surface area contributed by atoms with Crippen LogP contribution in [-0.2, 0) is 6.54 Å². The summed E-state index contributed by atoms with van der Waals surface area (Å²) >= 11 is 0. The maximum Gasteiger partial charge on any atom is 0.131 e. The molecule has 5 heteroatoms. The minimum absolute atomic E-state index is 0.0188. The second-order valence-corrected chi connectivity index (χ2v) is 5.24. The van der Waals surface area contributed by atoms with Crippen molar-refractivity contribution in [1.29, 1.82) is 5.26 Å². The van der Waals surface area contributed by atoms with Crippen molar-refractivity contribution in [2.45, 2.75) is 38.3 Å². The summed E-state index contributed by atoms with van der Waals surface area (Å²) in [5, 5.41) is 21.1. The summed E-state index contributed by atoms with van der Waals surface area (Å²) in [6.45, 7) is 0.167. The Morgan fingerprint density at radius 3 is 2.50 bits per heavy atom. The van der Waals surface area contributed by atoms with E-state index in [0.717, 1.165) is 37.8 Å². The Morgan fingerprint density at radius 2 is 1.90 bits per heavy atom. The van der Waals surface area contributed by atoms with Gasteiger partial charge in [0.1, 0.15) is 11.6 Å². The number of hydrogen-bond acceptors (Lipinski definition) is 3. The van der Waals surface area contributed by atoms with Gasteiger partial charge in [-0.25, -0.2) is 8.78 Å². The summed E-state index contributed by atoms with van der Waals surface area (Å²) in [4.78, 5) is 0. The van der Waals surface area contributed by atoms with Gasteiger partial charge in [-0.05, 0) is 30.9 Å². The van der Waals surface area contributed by atoms with E-state index in [1.54, 1.807) is 6.07 Å². The van der Waals surface area contributed by atoms with Crippen LogP contribution in [0, 0.1) is 28.9 Å². The molecule has 0 saturated heterocycles. The average Bonchev–Trinajstić information content (AvgIpc) is 2.46. The zero-order chi connectivity index (χ0) is 14.5. The van der Waals surface area contributed by atoms with Crippen LogP contribution in [-0.4, -0.2) is 17.8 Å². The number of aliphatic hydroxyl groups excluding tert-OH is 1. The van der Waals surface area contributed by atoms with Gasteiger partial charge in [0.05, 0.1) is 11.6 Å². The number of rotatable bonds is 4. The highest BCUT2D eigenvalue weighted by atomic mass is 19.1. The Bertz CT molecular complexity index is 490. The van der Waals surface area contributed by atoms with E-state index in [-0.39, 0.29) is 36.2 Å². The van der Waals surface area contributed by atoms with Crippen LogP contribution >= 0.6 is 0 Å². The first-order valence-electron chi connectivity index (χ1n) is 6.88. The molecule has 3 nitrogen and oxygen atoms in total. The molecule has 1 saturated carbocycles. The Balaban J connectivity index is 2.05. The van der Waals surface area contributed by atoms with Gasteiger partial charge in [0.25, 0.3) is 0 Å². The first-order valence-corrected chi connectivity index (χ1v) is 6.88. The monoisotopic (exact) mass is 280 g/mol. The second-order valence-electron chi connectivity index (χ2n) is 5.24. The van der Waals surface area contributed by atoms with Crippen molar-refractivity contribution >= 4 is 0 Å². The highest BCUT2D eigenvalue weighted by Gasteiger charge is 2.24. The minimum atomic E-state index is -0.703. The highest BCUT2D eigenvalue weighted by Crippen LogP contribution is 2.25. The fourth-order valence-corrected chi connectivity index (χ4v) is 2.76. The Hall–Kier alpha value is -1.51. The van der Waals surface area contributed by atoms with Crippen molar-refractivity contribution in [3.05, 3.63) is 34.9 Å². The molecule has 0 heterocycles. The van der Waals surface area contributed by atoms with Crippen LogP contribution < -0.4 is 5.32 Å². The molecule has 1 aromatic carbocycles. The van der Waals surface area contributed by atoms with E-state index < -0.39 is 11.6 Å². The van der Waals surface area contributed by atoms with E-state index in [4.69, 9.17) is 5.26 Å². The van der Waals surface area contributed by atoms with Gasteiger partial charge in [-0.15, -0.1) is 0 Å². The fraction of sp³-hybridized carbons (Fsp3) is 0.533. The van der Waals surface area contributed by atoms with Gasteiger partial charge in [-0.1, -0.05) is 12.8 Å². The molecule has 1 aromatic rings. The van der Waals surface area contributed by atoms with Crippen LogP contribution in [0.3, 0.4) is 0 Å². The van der Waals surface area contributed by atoms with E-state index in [2.05, 4.69) is 5.32 Å². The standard InChI is InChI=1S/C15H18F2N2O/c16-13-5-10(7-18)6-14(17)12(13)8-19-15-4-2-1-3-11(15)9-20/h5-6,11,15,19-20H,1-4,8-9H2. The molecule has 1 fully saturated rings. The highest BCUT2D eigenvalue weighted by molar-refractivity contribution is 5.34. The maximum absolute atomic E-state index is 13.8. The van der Waals surface area contributed by atoms with Crippen molar-refractivity contribution < 1.29 is 13.9 Å². The number of nitrogens with zero attached hydrogens (tertiary/aromatic N) is 1. The molecule has 0 aliphatic heterocycles. The predicted molar refractivity (Wildman–Crippen MR) is 70.7 cm³/mol. The summed E-state index contributed by atoms with van der Waals surface area (Å²) in [7, 11) is 0. The molecule has 2 N–H and O–H groups in total. The van der Waals surface area contributed by atoms with E-state index in [1.165, 1.54) is 0 Å². The zero-order valence-corrected chi connectivity index (χ0v) is 11.2. The maximum atomic E-state index is 13.8. The van der Waals surface area contributed by atoms with Gasteiger partial charge >= 0.3 is 0 Å². The predicted octanol–water partition coefficient (Wildman–Crippen LogP) is 2.48. The molecule has 0 spiro atoms. The van der Waals surface area contributed by atoms with Crippen molar-refractivity contribution in [3.63, 3.8) is 0 Å². The molecule has 0 aromatic heterocycles. The van der Waals surface area contributed by atoms with Gasteiger partial charge in [0.2, 0.25) is 0 Å². The van der Waals surface area contributed by atoms with Crippen LogP contribution in [0.1, 0.15) is 36.8 Å². The van der Waals surface area contributed by atoms with Crippen LogP contribution in [0.15, 0.2) is 12.1 Å². The summed E-state index contributed by atoms with van der Waals surface area (Å²) in [6.07, 6.45) is 3.99. The summed E-state index contributed by atoms with van der Waals surface area (Å²) < 4.78 is 27.5. The van der Waals surface area contributed by atoms with Crippen LogP contribution in [0.5, 0.6) is 0 Å². The third-order valence-electron chi connectivity index (χ3n) is 3.95. The van der Waals surface area contributed by atoms with Gasteiger partial charge < -0.3 is 10.4 Å². The fourth-order valence-electron chi connectivity index (χ4n) is 2.76. The summed E-state index contributed by atoms with van der Waals surface area (Å²) in [5.41, 5.74) is -0.0686. The smallest absolute Gasteiger partial charge is 0.131 e. The van der Waals surface area contributed by atoms with Crippen LogP contribution in [0.4, 0.5) is 8.78 Å². The molecule has 2 atom stereocenters. The molecule has 2 rings (SSSR count). The SMILES string of the molecule is N#Cc1cc(F)c(CNC2CCCCC2CO)c(F)c1. The number of aliphatic hydroxyl groups is 1. The van der Waals surface area contributed by atoms with E-state index >= 15 is 0 Å². The Morgan fingerprint density at radius 1 is 1.25 bits per heavy atom. The lowest BCUT2D eigenvalue weighted by Crippen LogP contribution is -2.40. The van der Waals surface area contributed by atoms with Crippen molar-refractivity contribution in [2.24, 2.45) is 5.92 Å². The molecule has 0 bridgehead atoms. The molecule has 1 aliphatic carbocycles.